The van der Waals surface area contributed by atoms with E-state index in [-0.39, 0.29) is 29.7 Å². The van der Waals surface area contributed by atoms with Gasteiger partial charge in [-0.15, -0.1) is 0 Å². The molecule has 1 aromatic carbocycles. The van der Waals surface area contributed by atoms with Gasteiger partial charge in [0.25, 0.3) is 0 Å². The van der Waals surface area contributed by atoms with Crippen LogP contribution in [0.3, 0.4) is 0 Å². The van der Waals surface area contributed by atoms with Gasteiger partial charge in [-0.3, -0.25) is 4.79 Å². The second-order valence-corrected chi connectivity index (χ2v) is 8.71. The zero-order chi connectivity index (χ0) is 17.7. The molecule has 1 N–H and O–H groups in total. The highest BCUT2D eigenvalue weighted by Gasteiger charge is 2.59. The van der Waals surface area contributed by atoms with Crippen molar-refractivity contribution in [1.82, 2.24) is 9.21 Å². The van der Waals surface area contributed by atoms with Crippen LogP contribution in [0.5, 0.6) is 5.75 Å². The van der Waals surface area contributed by atoms with Crippen LogP contribution in [0.25, 0.3) is 0 Å². The molecule has 2 aliphatic heterocycles. The molecule has 2 fully saturated rings. The summed E-state index contributed by atoms with van der Waals surface area (Å²) in [6.07, 6.45) is 0. The number of nitrogens with zero attached hydrogens (tertiary/aromatic N) is 2. The standard InChI is InChI=1S/C16H22N2O5S/c1-11-4-5-13(23-3)14(6-11)24(21,22)18-8-12-7-17(2)9-16(12,10-18)15(19)20/h4-6,12H,7-10H2,1-3H3,(H,19,20)/t12-,16-/m0/s1. The van der Waals surface area contributed by atoms with Crippen molar-refractivity contribution in [3.05, 3.63) is 23.8 Å². The van der Waals surface area contributed by atoms with E-state index in [0.717, 1.165) is 5.56 Å². The third kappa shape index (κ3) is 2.49. The first kappa shape index (κ1) is 17.2. The summed E-state index contributed by atoms with van der Waals surface area (Å²) in [5, 5.41) is 9.72. The molecule has 0 spiro atoms. The number of hydrogen-bond acceptors (Lipinski definition) is 5. The molecule has 0 aromatic heterocycles. The molecule has 3 rings (SSSR count). The van der Waals surface area contributed by atoms with E-state index in [2.05, 4.69) is 0 Å². The van der Waals surface area contributed by atoms with Crippen LogP contribution in [0.4, 0.5) is 0 Å². The van der Waals surface area contributed by atoms with E-state index in [0.29, 0.717) is 13.1 Å². The monoisotopic (exact) mass is 354 g/mol. The summed E-state index contributed by atoms with van der Waals surface area (Å²) < 4.78 is 32.7. The zero-order valence-corrected chi connectivity index (χ0v) is 14.8. The van der Waals surface area contributed by atoms with Gasteiger partial charge in [-0.05, 0) is 31.7 Å². The minimum Gasteiger partial charge on any atom is -0.495 e. The molecule has 0 amide bonds. The predicted octanol–water partition coefficient (Wildman–Crippen LogP) is 0.641. The van der Waals surface area contributed by atoms with E-state index < -0.39 is 21.4 Å². The molecule has 132 valence electrons. The second-order valence-electron chi connectivity index (χ2n) is 6.81. The number of likely N-dealkylation sites (tertiary alicyclic amines) is 1. The van der Waals surface area contributed by atoms with Gasteiger partial charge < -0.3 is 14.7 Å². The smallest absolute Gasteiger partial charge is 0.312 e. The van der Waals surface area contributed by atoms with Crippen LogP contribution >= 0.6 is 0 Å². The summed E-state index contributed by atoms with van der Waals surface area (Å²) in [4.78, 5) is 13.9. The summed E-state index contributed by atoms with van der Waals surface area (Å²) in [5.41, 5.74) is -0.222. The fraction of sp³-hybridized carbons (Fsp3) is 0.562. The highest BCUT2D eigenvalue weighted by molar-refractivity contribution is 7.89. The summed E-state index contributed by atoms with van der Waals surface area (Å²) in [5.74, 6) is -0.851. The first-order valence-corrected chi connectivity index (χ1v) is 9.21. The van der Waals surface area contributed by atoms with E-state index in [9.17, 15) is 18.3 Å². The fourth-order valence-electron chi connectivity index (χ4n) is 3.88. The molecule has 8 heteroatoms. The third-order valence-corrected chi connectivity index (χ3v) is 6.94. The van der Waals surface area contributed by atoms with Crippen LogP contribution in [0.2, 0.25) is 0 Å². The Bertz CT molecular complexity index is 779. The molecule has 0 unspecified atom stereocenters. The average Bonchev–Trinajstić information content (AvgIpc) is 3.01. The molecule has 2 atom stereocenters. The lowest BCUT2D eigenvalue weighted by Gasteiger charge is -2.24. The lowest BCUT2D eigenvalue weighted by molar-refractivity contribution is -0.148. The van der Waals surface area contributed by atoms with Gasteiger partial charge in [0.15, 0.2) is 0 Å². The molecule has 7 nitrogen and oxygen atoms in total. The maximum Gasteiger partial charge on any atom is 0.312 e. The number of hydrogen-bond donors (Lipinski definition) is 1. The maximum absolute atomic E-state index is 13.1. The van der Waals surface area contributed by atoms with Crippen LogP contribution in [-0.4, -0.2) is 69.0 Å². The number of carbonyl (C=O) groups is 1. The topological polar surface area (TPSA) is 87.2 Å². The van der Waals surface area contributed by atoms with Gasteiger partial charge in [0.05, 0.1) is 12.5 Å². The van der Waals surface area contributed by atoms with Crippen molar-refractivity contribution in [2.45, 2.75) is 11.8 Å². The largest absolute Gasteiger partial charge is 0.495 e. The van der Waals surface area contributed by atoms with Gasteiger partial charge in [0.2, 0.25) is 10.0 Å². The Kier molecular flexibility index (Phi) is 4.09. The number of aryl methyl sites for hydroxylation is 1. The highest BCUT2D eigenvalue weighted by atomic mass is 32.2. The quantitative estimate of drug-likeness (QED) is 0.854. The van der Waals surface area contributed by atoms with Gasteiger partial charge in [0, 0.05) is 32.1 Å². The molecule has 1 aromatic rings. The van der Waals surface area contributed by atoms with Crippen LogP contribution < -0.4 is 4.74 Å². The number of aliphatic carboxylic acids is 1. The van der Waals surface area contributed by atoms with Crippen molar-refractivity contribution in [3.63, 3.8) is 0 Å². The molecule has 2 saturated heterocycles. The average molecular weight is 354 g/mol. The minimum atomic E-state index is -3.81. The van der Waals surface area contributed by atoms with E-state index in [4.69, 9.17) is 4.74 Å². The zero-order valence-electron chi connectivity index (χ0n) is 14.0. The molecule has 2 aliphatic rings. The molecule has 2 heterocycles. The van der Waals surface area contributed by atoms with Crippen molar-refractivity contribution in [2.75, 3.05) is 40.3 Å². The summed E-state index contributed by atoms with van der Waals surface area (Å²) >= 11 is 0. The number of ether oxygens (including phenoxy) is 1. The fourth-order valence-corrected chi connectivity index (χ4v) is 5.68. The molecule has 0 radical (unpaired) electrons. The van der Waals surface area contributed by atoms with Crippen molar-refractivity contribution >= 4 is 16.0 Å². The number of carboxylic acids is 1. The third-order valence-electron chi connectivity index (χ3n) is 5.11. The molecule has 0 bridgehead atoms. The Morgan fingerprint density at radius 3 is 2.62 bits per heavy atom. The molecule has 24 heavy (non-hydrogen) atoms. The van der Waals surface area contributed by atoms with Crippen LogP contribution in [0.15, 0.2) is 23.1 Å². The normalized spacial score (nSPS) is 28.0. The Morgan fingerprint density at radius 1 is 1.33 bits per heavy atom. The number of sulfonamides is 1. The van der Waals surface area contributed by atoms with E-state index in [1.807, 2.05) is 18.9 Å². The maximum atomic E-state index is 13.1. The van der Waals surface area contributed by atoms with E-state index >= 15 is 0 Å². The van der Waals surface area contributed by atoms with Crippen molar-refractivity contribution < 1.29 is 23.1 Å². The van der Waals surface area contributed by atoms with Gasteiger partial charge in [-0.1, -0.05) is 6.07 Å². The summed E-state index contributed by atoms with van der Waals surface area (Å²) in [6.45, 7) is 2.98. The summed E-state index contributed by atoms with van der Waals surface area (Å²) in [6, 6.07) is 4.98. The SMILES string of the molecule is COc1ccc(C)cc1S(=O)(=O)N1C[C@@H]2CN(C)C[C@]2(C(=O)O)C1. The van der Waals surface area contributed by atoms with Gasteiger partial charge in [0.1, 0.15) is 10.6 Å². The lowest BCUT2D eigenvalue weighted by atomic mass is 9.81. The molecule has 0 aliphatic carbocycles. The number of benzene rings is 1. The minimum absolute atomic E-state index is 0.00320. The molecule has 0 saturated carbocycles. The number of methoxy groups -OCH3 is 1. The van der Waals surface area contributed by atoms with Gasteiger partial charge in [-0.25, -0.2) is 8.42 Å². The van der Waals surface area contributed by atoms with Crippen LogP contribution in [-0.2, 0) is 14.8 Å². The number of fused-ring (bicyclic) bond motifs is 1. The number of carboxylic acid groups (broad SMARTS) is 1. The van der Waals surface area contributed by atoms with Crippen molar-refractivity contribution in [1.29, 1.82) is 0 Å². The van der Waals surface area contributed by atoms with Gasteiger partial charge in [-0.2, -0.15) is 4.31 Å². The predicted molar refractivity (Wildman–Crippen MR) is 87.5 cm³/mol. The number of rotatable bonds is 4. The van der Waals surface area contributed by atoms with Crippen LogP contribution in [0.1, 0.15) is 5.56 Å². The Balaban J connectivity index is 1.99. The van der Waals surface area contributed by atoms with Crippen molar-refractivity contribution in [2.24, 2.45) is 11.3 Å². The van der Waals surface area contributed by atoms with Gasteiger partial charge >= 0.3 is 5.97 Å². The Morgan fingerprint density at radius 2 is 2.04 bits per heavy atom. The summed E-state index contributed by atoms with van der Waals surface area (Å²) in [7, 11) is -0.515. The molecular weight excluding hydrogens is 332 g/mol. The Hall–Kier alpha value is -1.64. The van der Waals surface area contributed by atoms with Crippen molar-refractivity contribution in [3.8, 4) is 5.75 Å². The van der Waals surface area contributed by atoms with Crippen LogP contribution in [0, 0.1) is 18.3 Å². The highest BCUT2D eigenvalue weighted by Crippen LogP contribution is 2.44. The lowest BCUT2D eigenvalue weighted by Crippen LogP contribution is -2.41. The van der Waals surface area contributed by atoms with E-state index in [1.165, 1.54) is 11.4 Å². The Labute approximate surface area is 141 Å². The van der Waals surface area contributed by atoms with E-state index in [1.54, 1.807) is 18.2 Å². The first-order valence-electron chi connectivity index (χ1n) is 7.77. The first-order chi connectivity index (χ1) is 11.2. The second kappa shape index (κ2) is 5.72. The molecular formula is C16H22N2O5S.